The molecule has 0 aliphatic carbocycles. The summed E-state index contributed by atoms with van der Waals surface area (Å²) in [6, 6.07) is 15.6. The second-order valence-corrected chi connectivity index (χ2v) is 8.58. The Labute approximate surface area is 187 Å². The molecule has 0 atom stereocenters. The largest absolute Gasteiger partial charge is 0.493 e. The van der Waals surface area contributed by atoms with E-state index >= 15 is 0 Å². The van der Waals surface area contributed by atoms with E-state index in [9.17, 15) is 4.79 Å². The average molecular weight is 437 g/mol. The maximum Gasteiger partial charge on any atom is 0.166 e. The van der Waals surface area contributed by atoms with Crippen LogP contribution in [-0.2, 0) is 6.54 Å². The molecule has 1 aliphatic rings. The van der Waals surface area contributed by atoms with Crippen LogP contribution < -0.4 is 9.47 Å². The number of likely N-dealkylation sites (tertiary alicyclic amines) is 1. The topological polar surface area (TPSA) is 51.7 Å². The number of hydrogen-bond acceptors (Lipinski definition) is 6. The summed E-state index contributed by atoms with van der Waals surface area (Å²) < 4.78 is 11.1. The van der Waals surface area contributed by atoms with E-state index in [-0.39, 0.29) is 11.7 Å². The fourth-order valence-electron chi connectivity index (χ4n) is 4.01. The van der Waals surface area contributed by atoms with Gasteiger partial charge in [0.25, 0.3) is 0 Å². The standard InChI is InChI=1S/C25H28N2O3S/c1-3-30-22-10-9-20(15-23(22)29-2)25-26-21(17-31-25)16-27-13-11-19(12-14-27)24(28)18-7-5-4-6-8-18/h4-10,15,17,19H,3,11-14,16H2,1-2H3. The lowest BCUT2D eigenvalue weighted by molar-refractivity contribution is 0.0834. The zero-order chi connectivity index (χ0) is 21.6. The molecule has 1 aromatic heterocycles. The number of carbonyl (C=O) groups excluding carboxylic acids is 1. The highest BCUT2D eigenvalue weighted by atomic mass is 32.1. The lowest BCUT2D eigenvalue weighted by Gasteiger charge is -2.30. The van der Waals surface area contributed by atoms with E-state index in [1.54, 1.807) is 18.4 Å². The molecule has 1 fully saturated rings. The number of carbonyl (C=O) groups is 1. The number of aromatic nitrogens is 1. The minimum absolute atomic E-state index is 0.126. The van der Waals surface area contributed by atoms with Crippen molar-refractivity contribution in [3.05, 3.63) is 65.2 Å². The van der Waals surface area contributed by atoms with Crippen LogP contribution >= 0.6 is 11.3 Å². The Bertz CT molecular complexity index is 1010. The van der Waals surface area contributed by atoms with Gasteiger partial charge in [0.05, 0.1) is 19.4 Å². The lowest BCUT2D eigenvalue weighted by Crippen LogP contribution is -2.36. The summed E-state index contributed by atoms with van der Waals surface area (Å²) in [5.74, 6) is 1.88. The quantitative estimate of drug-likeness (QED) is 0.448. The van der Waals surface area contributed by atoms with Gasteiger partial charge in [-0.3, -0.25) is 9.69 Å². The zero-order valence-corrected chi connectivity index (χ0v) is 18.9. The van der Waals surface area contributed by atoms with Crippen LogP contribution in [0.1, 0.15) is 35.8 Å². The van der Waals surface area contributed by atoms with Crippen molar-refractivity contribution < 1.29 is 14.3 Å². The van der Waals surface area contributed by atoms with E-state index in [4.69, 9.17) is 14.5 Å². The van der Waals surface area contributed by atoms with Crippen molar-refractivity contribution in [3.63, 3.8) is 0 Å². The Morgan fingerprint density at radius 2 is 1.90 bits per heavy atom. The lowest BCUT2D eigenvalue weighted by atomic mass is 9.89. The summed E-state index contributed by atoms with van der Waals surface area (Å²) in [6.07, 6.45) is 1.81. The molecule has 0 spiro atoms. The highest BCUT2D eigenvalue weighted by Crippen LogP contribution is 2.34. The van der Waals surface area contributed by atoms with Crippen molar-refractivity contribution in [1.82, 2.24) is 9.88 Å². The van der Waals surface area contributed by atoms with Crippen LogP contribution in [-0.4, -0.2) is 42.5 Å². The van der Waals surface area contributed by atoms with Gasteiger partial charge in [-0.1, -0.05) is 30.3 Å². The molecule has 0 N–H and O–H groups in total. The summed E-state index contributed by atoms with van der Waals surface area (Å²) in [5, 5.41) is 3.10. The fourth-order valence-corrected chi connectivity index (χ4v) is 4.82. The Hall–Kier alpha value is -2.70. The molecule has 6 heteroatoms. The van der Waals surface area contributed by atoms with Crippen molar-refractivity contribution in [2.75, 3.05) is 26.8 Å². The molecule has 4 rings (SSSR count). The van der Waals surface area contributed by atoms with Crippen LogP contribution in [0.3, 0.4) is 0 Å². The van der Waals surface area contributed by atoms with E-state index in [0.717, 1.165) is 65.8 Å². The van der Waals surface area contributed by atoms with Gasteiger partial charge in [0.15, 0.2) is 17.3 Å². The fraction of sp³-hybridized carbons (Fsp3) is 0.360. The molecule has 3 aromatic rings. The number of rotatable bonds is 8. The third-order valence-electron chi connectivity index (χ3n) is 5.66. The van der Waals surface area contributed by atoms with Crippen LogP contribution in [0.5, 0.6) is 11.5 Å². The third kappa shape index (κ3) is 5.14. The molecule has 31 heavy (non-hydrogen) atoms. The van der Waals surface area contributed by atoms with Crippen LogP contribution in [0, 0.1) is 5.92 Å². The molecule has 2 aromatic carbocycles. The van der Waals surface area contributed by atoms with Gasteiger partial charge < -0.3 is 9.47 Å². The number of methoxy groups -OCH3 is 1. The number of nitrogens with zero attached hydrogens (tertiary/aromatic N) is 2. The highest BCUT2D eigenvalue weighted by molar-refractivity contribution is 7.13. The number of thiazole rings is 1. The summed E-state index contributed by atoms with van der Waals surface area (Å²) >= 11 is 1.64. The summed E-state index contributed by atoms with van der Waals surface area (Å²) in [6.45, 7) is 5.22. The number of Topliss-reactive ketones (excluding diaryl/α,β-unsaturated/α-hetero) is 1. The molecule has 0 amide bonds. The van der Waals surface area contributed by atoms with Crippen LogP contribution in [0.4, 0.5) is 0 Å². The SMILES string of the molecule is CCOc1ccc(-c2nc(CN3CCC(C(=O)c4ccccc4)CC3)cs2)cc1OC. The molecule has 1 saturated heterocycles. The first-order chi connectivity index (χ1) is 15.2. The van der Waals surface area contributed by atoms with Crippen molar-refractivity contribution in [3.8, 4) is 22.1 Å². The van der Waals surface area contributed by atoms with Gasteiger partial charge in [0.2, 0.25) is 0 Å². The first-order valence-electron chi connectivity index (χ1n) is 10.7. The highest BCUT2D eigenvalue weighted by Gasteiger charge is 2.26. The molecule has 0 bridgehead atoms. The maximum atomic E-state index is 12.7. The maximum absolute atomic E-state index is 12.7. The summed E-state index contributed by atoms with van der Waals surface area (Å²) in [7, 11) is 1.65. The van der Waals surface area contributed by atoms with Crippen molar-refractivity contribution in [1.29, 1.82) is 0 Å². The minimum Gasteiger partial charge on any atom is -0.493 e. The van der Waals surface area contributed by atoms with E-state index in [2.05, 4.69) is 10.3 Å². The van der Waals surface area contributed by atoms with Gasteiger partial charge >= 0.3 is 0 Å². The van der Waals surface area contributed by atoms with Crippen molar-refractivity contribution in [2.24, 2.45) is 5.92 Å². The van der Waals surface area contributed by atoms with Crippen LogP contribution in [0.25, 0.3) is 10.6 Å². The number of benzene rings is 2. The predicted molar refractivity (Wildman–Crippen MR) is 124 cm³/mol. The molecule has 2 heterocycles. The number of ketones is 1. The molecule has 0 saturated carbocycles. The van der Waals surface area contributed by atoms with Gasteiger partial charge in [-0.25, -0.2) is 4.98 Å². The third-order valence-corrected chi connectivity index (χ3v) is 6.60. The van der Waals surface area contributed by atoms with Gasteiger partial charge in [-0.05, 0) is 51.1 Å². The van der Waals surface area contributed by atoms with Gasteiger partial charge in [-0.2, -0.15) is 0 Å². The second kappa shape index (κ2) is 10.1. The number of ether oxygens (including phenoxy) is 2. The molecule has 0 radical (unpaired) electrons. The summed E-state index contributed by atoms with van der Waals surface area (Å²) in [5.41, 5.74) is 2.93. The molecule has 1 aliphatic heterocycles. The second-order valence-electron chi connectivity index (χ2n) is 7.72. The van der Waals surface area contributed by atoms with Crippen molar-refractivity contribution >= 4 is 17.1 Å². The Balaban J connectivity index is 1.35. The van der Waals surface area contributed by atoms with Crippen LogP contribution in [0.15, 0.2) is 53.9 Å². The van der Waals surface area contributed by atoms with Gasteiger partial charge in [-0.15, -0.1) is 11.3 Å². The van der Waals surface area contributed by atoms with Crippen molar-refractivity contribution in [2.45, 2.75) is 26.3 Å². The minimum atomic E-state index is 0.126. The predicted octanol–water partition coefficient (Wildman–Crippen LogP) is 5.31. The molecular formula is C25H28N2O3S. The van der Waals surface area contributed by atoms with E-state index in [1.165, 1.54) is 0 Å². The average Bonchev–Trinajstić information content (AvgIpc) is 3.28. The van der Waals surface area contributed by atoms with E-state index in [1.807, 2.05) is 55.5 Å². The zero-order valence-electron chi connectivity index (χ0n) is 18.0. The molecule has 5 nitrogen and oxygen atoms in total. The first-order valence-corrected chi connectivity index (χ1v) is 11.6. The van der Waals surface area contributed by atoms with Crippen LogP contribution in [0.2, 0.25) is 0 Å². The van der Waals surface area contributed by atoms with E-state index in [0.29, 0.717) is 6.61 Å². The Morgan fingerprint density at radius 3 is 2.61 bits per heavy atom. The Kier molecular flexibility index (Phi) is 6.99. The molecular weight excluding hydrogens is 408 g/mol. The van der Waals surface area contributed by atoms with Gasteiger partial charge in [0.1, 0.15) is 5.01 Å². The monoisotopic (exact) mass is 436 g/mol. The summed E-state index contributed by atoms with van der Waals surface area (Å²) in [4.78, 5) is 19.9. The molecule has 162 valence electrons. The Morgan fingerprint density at radius 1 is 1.13 bits per heavy atom. The number of piperidine rings is 1. The van der Waals surface area contributed by atoms with E-state index < -0.39 is 0 Å². The first kappa shape index (κ1) is 21.5. The smallest absolute Gasteiger partial charge is 0.166 e. The van der Waals surface area contributed by atoms with Gasteiger partial charge in [0, 0.05) is 29.0 Å². The molecule has 0 unspecified atom stereocenters. The normalized spacial score (nSPS) is 15.0. The number of hydrogen-bond donors (Lipinski definition) is 0.